The molecule has 2 atom stereocenters. The molecule has 0 aromatic rings. The third-order valence-corrected chi connectivity index (χ3v) is 5.70. The van der Waals surface area contributed by atoms with E-state index in [4.69, 9.17) is 9.47 Å². The Morgan fingerprint density at radius 2 is 2.22 bits per heavy atom. The quantitative estimate of drug-likeness (QED) is 0.775. The number of hydrogen-bond acceptors (Lipinski definition) is 4. The van der Waals surface area contributed by atoms with Gasteiger partial charge in [-0.15, -0.1) is 0 Å². The van der Waals surface area contributed by atoms with Crippen LogP contribution in [0.5, 0.6) is 0 Å². The van der Waals surface area contributed by atoms with Crippen molar-refractivity contribution in [2.45, 2.75) is 44.1 Å². The van der Waals surface area contributed by atoms with Crippen LogP contribution in [0.1, 0.15) is 38.5 Å². The van der Waals surface area contributed by atoms with Gasteiger partial charge in [0.25, 0.3) is 0 Å². The number of likely N-dealkylation sites (tertiary alicyclic amines) is 2. The molecular weight excluding hydrogens is 296 g/mol. The van der Waals surface area contributed by atoms with Gasteiger partial charge in [0.2, 0.25) is 11.8 Å². The minimum Gasteiger partial charge on any atom is -0.383 e. The zero-order valence-corrected chi connectivity index (χ0v) is 14.1. The van der Waals surface area contributed by atoms with Gasteiger partial charge in [-0.2, -0.15) is 0 Å². The number of nitrogens with zero attached hydrogens (tertiary/aromatic N) is 2. The van der Waals surface area contributed by atoms with Gasteiger partial charge in [-0.05, 0) is 32.1 Å². The second-order valence-corrected chi connectivity index (χ2v) is 7.00. The minimum absolute atomic E-state index is 0.0406. The molecule has 0 bridgehead atoms. The Kier molecular flexibility index (Phi) is 5.21. The lowest BCUT2D eigenvalue weighted by atomic mass is 9.87. The van der Waals surface area contributed by atoms with E-state index in [-0.39, 0.29) is 23.3 Å². The van der Waals surface area contributed by atoms with Gasteiger partial charge in [0, 0.05) is 45.3 Å². The summed E-state index contributed by atoms with van der Waals surface area (Å²) in [6, 6.07) is 0. The summed E-state index contributed by atoms with van der Waals surface area (Å²) >= 11 is 0. The van der Waals surface area contributed by atoms with Gasteiger partial charge >= 0.3 is 0 Å². The SMILES string of the molecule is COCCN1C(=O)CC[C@]12CCCN(C(=O)[C@H]1CCOC1)CC2. The van der Waals surface area contributed by atoms with Crippen molar-refractivity contribution in [2.24, 2.45) is 5.92 Å². The molecule has 3 aliphatic rings. The number of rotatable bonds is 4. The van der Waals surface area contributed by atoms with Gasteiger partial charge in [0.05, 0.1) is 19.1 Å². The summed E-state index contributed by atoms with van der Waals surface area (Å²) in [7, 11) is 1.67. The van der Waals surface area contributed by atoms with Crippen molar-refractivity contribution < 1.29 is 19.1 Å². The Morgan fingerprint density at radius 3 is 2.96 bits per heavy atom. The van der Waals surface area contributed by atoms with Crippen molar-refractivity contribution in [3.05, 3.63) is 0 Å². The molecule has 3 aliphatic heterocycles. The van der Waals surface area contributed by atoms with Crippen molar-refractivity contribution in [1.82, 2.24) is 9.80 Å². The maximum absolute atomic E-state index is 12.6. The highest BCUT2D eigenvalue weighted by Gasteiger charge is 2.46. The topological polar surface area (TPSA) is 59.1 Å². The third kappa shape index (κ3) is 3.38. The Balaban J connectivity index is 1.64. The smallest absolute Gasteiger partial charge is 0.228 e. The summed E-state index contributed by atoms with van der Waals surface area (Å²) in [6.45, 7) is 4.08. The zero-order chi connectivity index (χ0) is 16.3. The molecule has 2 amide bonds. The van der Waals surface area contributed by atoms with Gasteiger partial charge in [0.15, 0.2) is 0 Å². The molecule has 0 radical (unpaired) electrons. The van der Waals surface area contributed by atoms with E-state index in [0.29, 0.717) is 32.8 Å². The van der Waals surface area contributed by atoms with Crippen LogP contribution in [-0.4, -0.2) is 73.7 Å². The van der Waals surface area contributed by atoms with Crippen LogP contribution in [0.4, 0.5) is 0 Å². The van der Waals surface area contributed by atoms with Crippen LogP contribution in [-0.2, 0) is 19.1 Å². The normalized spacial score (nSPS) is 31.9. The summed E-state index contributed by atoms with van der Waals surface area (Å²) in [4.78, 5) is 28.9. The molecule has 3 saturated heterocycles. The molecule has 0 aromatic heterocycles. The molecule has 3 heterocycles. The first-order valence-corrected chi connectivity index (χ1v) is 8.82. The van der Waals surface area contributed by atoms with Crippen LogP contribution in [0.3, 0.4) is 0 Å². The number of ether oxygens (including phenoxy) is 2. The van der Waals surface area contributed by atoms with E-state index in [9.17, 15) is 9.59 Å². The minimum atomic E-state index is -0.0587. The maximum Gasteiger partial charge on any atom is 0.228 e. The number of hydrogen-bond donors (Lipinski definition) is 0. The molecule has 6 heteroatoms. The second kappa shape index (κ2) is 7.18. The van der Waals surface area contributed by atoms with E-state index in [2.05, 4.69) is 0 Å². The number of amides is 2. The number of carbonyl (C=O) groups excluding carboxylic acids is 2. The van der Waals surface area contributed by atoms with Gasteiger partial charge < -0.3 is 19.3 Å². The molecular formula is C17H28N2O4. The van der Waals surface area contributed by atoms with E-state index in [1.807, 2.05) is 9.80 Å². The van der Waals surface area contributed by atoms with E-state index in [1.165, 1.54) is 0 Å². The fraction of sp³-hybridized carbons (Fsp3) is 0.882. The second-order valence-electron chi connectivity index (χ2n) is 7.00. The van der Waals surface area contributed by atoms with Crippen molar-refractivity contribution in [1.29, 1.82) is 0 Å². The summed E-state index contributed by atoms with van der Waals surface area (Å²) in [5.41, 5.74) is -0.0587. The number of methoxy groups -OCH3 is 1. The molecule has 0 N–H and O–H groups in total. The molecule has 130 valence electrons. The molecule has 1 spiro atoms. The van der Waals surface area contributed by atoms with Crippen molar-refractivity contribution in [2.75, 3.05) is 46.6 Å². The van der Waals surface area contributed by atoms with Gasteiger partial charge in [-0.1, -0.05) is 0 Å². The van der Waals surface area contributed by atoms with Crippen molar-refractivity contribution in [3.8, 4) is 0 Å². The fourth-order valence-electron chi connectivity index (χ4n) is 4.33. The lowest BCUT2D eigenvalue weighted by Crippen LogP contribution is -2.48. The Hall–Kier alpha value is -1.14. The first-order chi connectivity index (χ1) is 11.2. The Bertz CT molecular complexity index is 450. The predicted octanol–water partition coefficient (Wildman–Crippen LogP) is 1.04. The monoisotopic (exact) mass is 324 g/mol. The van der Waals surface area contributed by atoms with E-state index < -0.39 is 0 Å². The molecule has 3 fully saturated rings. The molecule has 23 heavy (non-hydrogen) atoms. The lowest BCUT2D eigenvalue weighted by Gasteiger charge is -2.38. The first-order valence-electron chi connectivity index (χ1n) is 8.82. The van der Waals surface area contributed by atoms with Gasteiger partial charge in [-0.25, -0.2) is 0 Å². The average Bonchev–Trinajstić information content (AvgIpc) is 3.12. The summed E-state index contributed by atoms with van der Waals surface area (Å²) in [5, 5.41) is 0. The molecule has 0 aromatic carbocycles. The zero-order valence-electron chi connectivity index (χ0n) is 14.1. The highest BCUT2D eigenvalue weighted by molar-refractivity contribution is 5.80. The van der Waals surface area contributed by atoms with Crippen LogP contribution < -0.4 is 0 Å². The van der Waals surface area contributed by atoms with Gasteiger partial charge in [-0.3, -0.25) is 9.59 Å². The Morgan fingerprint density at radius 1 is 1.35 bits per heavy atom. The average molecular weight is 324 g/mol. The summed E-state index contributed by atoms with van der Waals surface area (Å²) < 4.78 is 10.5. The molecule has 0 aliphatic carbocycles. The lowest BCUT2D eigenvalue weighted by molar-refractivity contribution is -0.135. The van der Waals surface area contributed by atoms with E-state index in [0.717, 1.165) is 45.2 Å². The highest BCUT2D eigenvalue weighted by atomic mass is 16.5. The largest absolute Gasteiger partial charge is 0.383 e. The molecule has 6 nitrogen and oxygen atoms in total. The molecule has 0 unspecified atom stereocenters. The van der Waals surface area contributed by atoms with Crippen LogP contribution in [0.15, 0.2) is 0 Å². The highest BCUT2D eigenvalue weighted by Crippen LogP contribution is 2.39. The van der Waals surface area contributed by atoms with Crippen LogP contribution >= 0.6 is 0 Å². The van der Waals surface area contributed by atoms with Crippen molar-refractivity contribution >= 4 is 11.8 Å². The van der Waals surface area contributed by atoms with Crippen LogP contribution in [0.25, 0.3) is 0 Å². The first kappa shape index (κ1) is 16.7. The molecule has 3 rings (SSSR count). The van der Waals surface area contributed by atoms with Gasteiger partial charge in [0.1, 0.15) is 0 Å². The van der Waals surface area contributed by atoms with Crippen LogP contribution in [0, 0.1) is 5.92 Å². The van der Waals surface area contributed by atoms with Crippen LogP contribution in [0.2, 0.25) is 0 Å². The van der Waals surface area contributed by atoms with E-state index >= 15 is 0 Å². The maximum atomic E-state index is 12.6. The standard InChI is InChI=1S/C17H28N2O4/c1-22-12-10-19-15(20)3-6-17(19)5-2-8-18(9-7-17)16(21)14-4-11-23-13-14/h14H,2-13H2,1H3/t14-,17-/m0/s1. The third-order valence-electron chi connectivity index (χ3n) is 5.70. The molecule has 0 saturated carbocycles. The van der Waals surface area contributed by atoms with E-state index in [1.54, 1.807) is 7.11 Å². The number of carbonyl (C=O) groups is 2. The Labute approximate surface area is 138 Å². The summed E-state index contributed by atoms with van der Waals surface area (Å²) in [5.74, 6) is 0.525. The predicted molar refractivity (Wildman–Crippen MR) is 84.9 cm³/mol. The fourth-order valence-corrected chi connectivity index (χ4v) is 4.33. The summed E-state index contributed by atoms with van der Waals surface area (Å²) in [6.07, 6.45) is 5.25. The van der Waals surface area contributed by atoms with Crippen molar-refractivity contribution in [3.63, 3.8) is 0 Å².